The van der Waals surface area contributed by atoms with E-state index in [0.29, 0.717) is 6.42 Å². The molecule has 0 saturated carbocycles. The zero-order valence-corrected chi connectivity index (χ0v) is 13.0. The van der Waals surface area contributed by atoms with Gasteiger partial charge in [-0.05, 0) is 31.5 Å². The summed E-state index contributed by atoms with van der Waals surface area (Å²) in [6.07, 6.45) is 0.468. The van der Waals surface area contributed by atoms with Gasteiger partial charge in [0.1, 0.15) is 0 Å². The van der Waals surface area contributed by atoms with E-state index in [2.05, 4.69) is 11.8 Å². The lowest BCUT2D eigenvalue weighted by Crippen LogP contribution is -2.30. The number of hydrogen-bond acceptors (Lipinski definition) is 3. The van der Waals surface area contributed by atoms with Crippen molar-refractivity contribution in [3.05, 3.63) is 35.4 Å². The molecule has 0 amide bonds. The minimum absolute atomic E-state index is 0.0699. The molecule has 0 aliphatic heterocycles. The summed E-state index contributed by atoms with van der Waals surface area (Å²) < 4.78 is 4.78. The Balaban J connectivity index is 0.00000172. The smallest absolute Gasteiger partial charge is 0.315 e. The van der Waals surface area contributed by atoms with Gasteiger partial charge in [-0.15, -0.1) is 0 Å². The molecule has 0 aliphatic rings. The zero-order chi connectivity index (χ0) is 15.6. The van der Waals surface area contributed by atoms with Crippen molar-refractivity contribution < 1.29 is 14.6 Å². The van der Waals surface area contributed by atoms with Crippen molar-refractivity contribution in [3.63, 3.8) is 0 Å². The Bertz CT molecular complexity index is 461. The number of carbonyl (C=O) groups excluding carboxylic acids is 1. The lowest BCUT2D eigenvalue weighted by atomic mass is 9.84. The molecule has 0 fully saturated rings. The van der Waals surface area contributed by atoms with Crippen LogP contribution in [0.15, 0.2) is 24.3 Å². The van der Waals surface area contributed by atoms with E-state index in [1.165, 1.54) is 7.11 Å². The normalized spacial score (nSPS) is 9.70. The standard InChI is InChI=1S/C15H18O3.C2H6/c1-15(2,14(17)18-3)13-9-7-12(8-10-13)6-4-5-11-16;1-2/h7-10,16H,5,11H2,1-3H3;1-2H3. The van der Waals surface area contributed by atoms with Crippen LogP contribution < -0.4 is 0 Å². The first-order valence-electron chi connectivity index (χ1n) is 6.81. The van der Waals surface area contributed by atoms with Crippen LogP contribution >= 0.6 is 0 Å². The Morgan fingerprint density at radius 1 is 1.25 bits per heavy atom. The van der Waals surface area contributed by atoms with Gasteiger partial charge in [0, 0.05) is 12.0 Å². The van der Waals surface area contributed by atoms with Crippen molar-refractivity contribution in [3.8, 4) is 11.8 Å². The van der Waals surface area contributed by atoms with Gasteiger partial charge >= 0.3 is 5.97 Å². The van der Waals surface area contributed by atoms with Gasteiger partial charge in [0.25, 0.3) is 0 Å². The van der Waals surface area contributed by atoms with Crippen LogP contribution in [0.2, 0.25) is 0 Å². The van der Waals surface area contributed by atoms with Gasteiger partial charge in [-0.1, -0.05) is 37.8 Å². The third-order valence-electron chi connectivity index (χ3n) is 2.77. The van der Waals surface area contributed by atoms with E-state index in [1.54, 1.807) is 0 Å². The second kappa shape index (κ2) is 9.17. The fourth-order valence-corrected chi connectivity index (χ4v) is 1.56. The largest absolute Gasteiger partial charge is 0.468 e. The summed E-state index contributed by atoms with van der Waals surface area (Å²) in [5, 5.41) is 8.63. The average Bonchev–Trinajstić information content (AvgIpc) is 2.49. The number of methoxy groups -OCH3 is 1. The molecule has 1 aromatic rings. The van der Waals surface area contributed by atoms with E-state index in [4.69, 9.17) is 9.84 Å². The van der Waals surface area contributed by atoms with Gasteiger partial charge in [0.05, 0.1) is 19.1 Å². The molecule has 0 spiro atoms. The third-order valence-corrected chi connectivity index (χ3v) is 2.77. The van der Waals surface area contributed by atoms with Gasteiger partial charge < -0.3 is 9.84 Å². The van der Waals surface area contributed by atoms with Crippen molar-refractivity contribution in [2.45, 2.75) is 39.5 Å². The molecule has 3 nitrogen and oxygen atoms in total. The van der Waals surface area contributed by atoms with Crippen LogP contribution in [0.3, 0.4) is 0 Å². The number of carbonyl (C=O) groups is 1. The highest BCUT2D eigenvalue weighted by Crippen LogP contribution is 2.24. The van der Waals surface area contributed by atoms with E-state index >= 15 is 0 Å². The van der Waals surface area contributed by atoms with Crippen molar-refractivity contribution in [1.29, 1.82) is 0 Å². The molecule has 1 rings (SSSR count). The summed E-state index contributed by atoms with van der Waals surface area (Å²) in [6, 6.07) is 7.48. The molecule has 110 valence electrons. The second-order valence-corrected chi connectivity index (χ2v) is 4.47. The lowest BCUT2D eigenvalue weighted by molar-refractivity contribution is -0.146. The van der Waals surface area contributed by atoms with Crippen LogP contribution in [-0.4, -0.2) is 24.8 Å². The molecule has 0 saturated heterocycles. The van der Waals surface area contributed by atoms with Gasteiger partial charge in [-0.25, -0.2) is 0 Å². The minimum atomic E-state index is -0.661. The first-order chi connectivity index (χ1) is 9.52. The predicted octanol–water partition coefficient (Wildman–Crippen LogP) is 2.90. The molecule has 1 N–H and O–H groups in total. The summed E-state index contributed by atoms with van der Waals surface area (Å²) >= 11 is 0. The molecule has 0 heterocycles. The zero-order valence-electron chi connectivity index (χ0n) is 13.0. The number of aliphatic hydroxyl groups excluding tert-OH is 1. The monoisotopic (exact) mass is 276 g/mol. The maximum atomic E-state index is 11.7. The number of hydrogen-bond donors (Lipinski definition) is 1. The highest BCUT2D eigenvalue weighted by molar-refractivity contribution is 5.82. The maximum Gasteiger partial charge on any atom is 0.315 e. The fourth-order valence-electron chi connectivity index (χ4n) is 1.56. The van der Waals surface area contributed by atoms with Crippen LogP contribution in [0.1, 0.15) is 45.2 Å². The van der Waals surface area contributed by atoms with E-state index < -0.39 is 5.41 Å². The Morgan fingerprint density at radius 3 is 2.25 bits per heavy atom. The number of rotatable bonds is 3. The average molecular weight is 276 g/mol. The van der Waals surface area contributed by atoms with Gasteiger partial charge in [0.15, 0.2) is 0 Å². The Hall–Kier alpha value is -1.79. The molecule has 1 aromatic carbocycles. The summed E-state index contributed by atoms with van der Waals surface area (Å²) in [6.45, 7) is 7.72. The molecule has 0 radical (unpaired) electrons. The fraction of sp³-hybridized carbons (Fsp3) is 0.471. The summed E-state index contributed by atoms with van der Waals surface area (Å²) in [4.78, 5) is 11.7. The van der Waals surface area contributed by atoms with Crippen LogP contribution in [0.25, 0.3) is 0 Å². The van der Waals surface area contributed by atoms with Crippen molar-refractivity contribution in [2.75, 3.05) is 13.7 Å². The molecule has 20 heavy (non-hydrogen) atoms. The Morgan fingerprint density at radius 2 is 1.80 bits per heavy atom. The van der Waals surface area contributed by atoms with Crippen molar-refractivity contribution in [2.24, 2.45) is 0 Å². The predicted molar refractivity (Wildman–Crippen MR) is 81.4 cm³/mol. The first kappa shape index (κ1) is 18.2. The molecule has 0 unspecified atom stereocenters. The molecule has 0 atom stereocenters. The van der Waals surface area contributed by atoms with Crippen LogP contribution in [0, 0.1) is 11.8 Å². The number of aliphatic hydroxyl groups is 1. The highest BCUT2D eigenvalue weighted by Gasteiger charge is 2.30. The van der Waals surface area contributed by atoms with E-state index in [1.807, 2.05) is 52.0 Å². The molecule has 0 aromatic heterocycles. The summed E-state index contributed by atoms with van der Waals surface area (Å²) in [5.74, 6) is 5.53. The molecule has 0 aliphatic carbocycles. The van der Waals surface area contributed by atoms with Gasteiger partial charge in [0.2, 0.25) is 0 Å². The Labute approximate surface area is 122 Å². The number of benzene rings is 1. The minimum Gasteiger partial charge on any atom is -0.468 e. The summed E-state index contributed by atoms with van der Waals surface area (Å²) in [5.41, 5.74) is 1.10. The van der Waals surface area contributed by atoms with E-state index in [9.17, 15) is 4.79 Å². The summed E-state index contributed by atoms with van der Waals surface area (Å²) in [7, 11) is 1.39. The Kier molecular flexibility index (Phi) is 8.35. The van der Waals surface area contributed by atoms with Gasteiger partial charge in [-0.3, -0.25) is 4.79 Å². The highest BCUT2D eigenvalue weighted by atomic mass is 16.5. The van der Waals surface area contributed by atoms with Gasteiger partial charge in [-0.2, -0.15) is 0 Å². The van der Waals surface area contributed by atoms with E-state index in [0.717, 1.165) is 11.1 Å². The first-order valence-corrected chi connectivity index (χ1v) is 6.81. The van der Waals surface area contributed by atoms with E-state index in [-0.39, 0.29) is 12.6 Å². The van der Waals surface area contributed by atoms with Crippen LogP contribution in [0.5, 0.6) is 0 Å². The molecule has 3 heteroatoms. The quantitative estimate of drug-likeness (QED) is 0.682. The van der Waals surface area contributed by atoms with Crippen LogP contribution in [-0.2, 0) is 14.9 Å². The third kappa shape index (κ3) is 5.07. The second-order valence-electron chi connectivity index (χ2n) is 4.47. The maximum absolute atomic E-state index is 11.7. The topological polar surface area (TPSA) is 46.5 Å². The molecular formula is C17H24O3. The molecule has 0 bridgehead atoms. The van der Waals surface area contributed by atoms with Crippen LogP contribution in [0.4, 0.5) is 0 Å². The molecular weight excluding hydrogens is 252 g/mol. The lowest BCUT2D eigenvalue weighted by Gasteiger charge is -2.21. The SMILES string of the molecule is CC.COC(=O)C(C)(C)c1ccc(C#CCCO)cc1. The van der Waals surface area contributed by atoms with Crippen molar-refractivity contribution >= 4 is 5.97 Å². The number of ether oxygens (including phenoxy) is 1. The van der Waals surface area contributed by atoms with Crippen molar-refractivity contribution in [1.82, 2.24) is 0 Å². The number of esters is 1.